The molecular formula is C34H33NO2. The average Bonchev–Trinajstić information content (AvgIpc) is 2.96. The summed E-state index contributed by atoms with van der Waals surface area (Å²) >= 11 is 0. The van der Waals surface area contributed by atoms with Crippen LogP contribution in [0.15, 0.2) is 109 Å². The summed E-state index contributed by atoms with van der Waals surface area (Å²) in [4.78, 5) is 0. The molecule has 3 heteroatoms. The number of hydrogen-bond acceptors (Lipinski definition) is 3. The summed E-state index contributed by atoms with van der Waals surface area (Å²) in [6.07, 6.45) is 1.25. The van der Waals surface area contributed by atoms with Gasteiger partial charge in [-0.15, -0.1) is 0 Å². The predicted molar refractivity (Wildman–Crippen MR) is 152 cm³/mol. The molecule has 2 atom stereocenters. The van der Waals surface area contributed by atoms with E-state index in [-0.39, 0.29) is 6.10 Å². The number of fused-ring (bicyclic) bond motifs is 2. The van der Waals surface area contributed by atoms with Crippen molar-refractivity contribution in [3.05, 3.63) is 131 Å². The van der Waals surface area contributed by atoms with Gasteiger partial charge in [0.25, 0.3) is 0 Å². The van der Waals surface area contributed by atoms with Crippen LogP contribution in [0.4, 0.5) is 0 Å². The summed E-state index contributed by atoms with van der Waals surface area (Å²) < 4.78 is 12.5. The van der Waals surface area contributed by atoms with Crippen molar-refractivity contribution in [2.75, 3.05) is 13.1 Å². The van der Waals surface area contributed by atoms with Gasteiger partial charge in [-0.25, -0.2) is 0 Å². The highest BCUT2D eigenvalue weighted by Gasteiger charge is 2.27. The second kappa shape index (κ2) is 11.3. The van der Waals surface area contributed by atoms with Crippen LogP contribution in [-0.4, -0.2) is 19.2 Å². The maximum atomic E-state index is 6.47. The number of hydrogen-bond donors (Lipinski definition) is 1. The Labute approximate surface area is 219 Å². The number of rotatable bonds is 8. The first-order valence-electron chi connectivity index (χ1n) is 13.3. The van der Waals surface area contributed by atoms with E-state index in [4.69, 9.17) is 9.47 Å². The minimum absolute atomic E-state index is 0.162. The summed E-state index contributed by atoms with van der Waals surface area (Å²) in [5, 5.41) is 8.57. The lowest BCUT2D eigenvalue weighted by Gasteiger charge is -2.32. The Balaban J connectivity index is 1.05. The quantitative estimate of drug-likeness (QED) is 0.248. The van der Waals surface area contributed by atoms with Crippen molar-refractivity contribution in [2.45, 2.75) is 38.3 Å². The Morgan fingerprint density at radius 2 is 1.16 bits per heavy atom. The minimum Gasteiger partial charge on any atom is -0.372 e. The van der Waals surface area contributed by atoms with Crippen LogP contribution >= 0.6 is 0 Å². The lowest BCUT2D eigenvalue weighted by atomic mass is 9.87. The van der Waals surface area contributed by atoms with Gasteiger partial charge in [-0.05, 0) is 68.9 Å². The Morgan fingerprint density at radius 3 is 1.84 bits per heavy atom. The molecule has 0 aromatic heterocycles. The molecule has 1 heterocycles. The van der Waals surface area contributed by atoms with Crippen LogP contribution in [0.1, 0.15) is 34.6 Å². The van der Waals surface area contributed by atoms with Gasteiger partial charge in [0.05, 0.1) is 25.9 Å². The Morgan fingerprint density at radius 1 is 0.595 bits per heavy atom. The number of piperidine rings is 1. The Kier molecular flexibility index (Phi) is 7.27. The molecule has 1 saturated heterocycles. The largest absolute Gasteiger partial charge is 0.372 e. The molecule has 6 rings (SSSR count). The average molecular weight is 488 g/mol. The molecular weight excluding hydrogens is 454 g/mol. The minimum atomic E-state index is 0.162. The van der Waals surface area contributed by atoms with E-state index < -0.39 is 0 Å². The van der Waals surface area contributed by atoms with E-state index in [1.54, 1.807) is 0 Å². The lowest BCUT2D eigenvalue weighted by Crippen LogP contribution is -2.40. The second-order valence-electron chi connectivity index (χ2n) is 10.0. The highest BCUT2D eigenvalue weighted by molar-refractivity contribution is 5.83. The van der Waals surface area contributed by atoms with Crippen molar-refractivity contribution < 1.29 is 9.47 Å². The molecule has 1 N–H and O–H groups in total. The van der Waals surface area contributed by atoms with Crippen LogP contribution in [0.25, 0.3) is 21.5 Å². The number of benzene rings is 5. The first-order chi connectivity index (χ1) is 18.3. The fourth-order valence-corrected chi connectivity index (χ4v) is 5.39. The molecule has 2 unspecified atom stereocenters. The third kappa shape index (κ3) is 5.75. The molecule has 5 aromatic rings. The molecule has 5 aromatic carbocycles. The van der Waals surface area contributed by atoms with Gasteiger partial charge in [-0.1, -0.05) is 97.1 Å². The Bertz CT molecular complexity index is 1480. The van der Waals surface area contributed by atoms with E-state index in [0.717, 1.165) is 19.5 Å². The van der Waals surface area contributed by atoms with Gasteiger partial charge in [-0.2, -0.15) is 0 Å². The van der Waals surface area contributed by atoms with Gasteiger partial charge in [0.2, 0.25) is 0 Å². The molecule has 0 radical (unpaired) electrons. The molecule has 0 saturated carbocycles. The maximum absolute atomic E-state index is 6.47. The smallest absolute Gasteiger partial charge is 0.0772 e. The zero-order chi connectivity index (χ0) is 24.9. The van der Waals surface area contributed by atoms with Crippen molar-refractivity contribution >= 4 is 21.5 Å². The topological polar surface area (TPSA) is 30.5 Å². The van der Waals surface area contributed by atoms with Crippen LogP contribution in [0.3, 0.4) is 0 Å². The molecule has 186 valence electrons. The normalized spacial score (nSPS) is 17.8. The zero-order valence-corrected chi connectivity index (χ0v) is 21.1. The summed E-state index contributed by atoms with van der Waals surface area (Å²) in [6, 6.07) is 39.0. The van der Waals surface area contributed by atoms with E-state index >= 15 is 0 Å². The number of ether oxygens (including phenoxy) is 2. The van der Waals surface area contributed by atoms with Gasteiger partial charge in [-0.3, -0.25) is 0 Å². The van der Waals surface area contributed by atoms with Crippen LogP contribution in [0.2, 0.25) is 0 Å². The van der Waals surface area contributed by atoms with Crippen LogP contribution in [0, 0.1) is 0 Å². The zero-order valence-electron chi connectivity index (χ0n) is 21.1. The van der Waals surface area contributed by atoms with Crippen LogP contribution in [0.5, 0.6) is 0 Å². The third-order valence-electron chi connectivity index (χ3n) is 7.46. The van der Waals surface area contributed by atoms with Gasteiger partial charge < -0.3 is 14.8 Å². The highest BCUT2D eigenvalue weighted by atomic mass is 16.5. The van der Waals surface area contributed by atoms with Gasteiger partial charge in [0.1, 0.15) is 0 Å². The summed E-state index contributed by atoms with van der Waals surface area (Å²) in [5.74, 6) is 0.397. The summed E-state index contributed by atoms with van der Waals surface area (Å²) in [6.45, 7) is 3.77. The monoisotopic (exact) mass is 487 g/mol. The van der Waals surface area contributed by atoms with Crippen LogP contribution in [-0.2, 0) is 29.3 Å². The van der Waals surface area contributed by atoms with E-state index in [2.05, 4.69) is 115 Å². The molecule has 0 bridgehead atoms. The fraction of sp³-hybridized carbons (Fsp3) is 0.235. The molecule has 1 fully saturated rings. The molecule has 37 heavy (non-hydrogen) atoms. The van der Waals surface area contributed by atoms with Crippen LogP contribution < -0.4 is 5.32 Å². The summed E-state index contributed by atoms with van der Waals surface area (Å²) in [5.41, 5.74) is 4.98. The lowest BCUT2D eigenvalue weighted by molar-refractivity contribution is 0.0106. The molecule has 0 amide bonds. The first-order valence-corrected chi connectivity index (χ1v) is 13.3. The first kappa shape index (κ1) is 23.9. The predicted octanol–water partition coefficient (Wildman–Crippen LogP) is 7.37. The van der Waals surface area contributed by atoms with Crippen molar-refractivity contribution in [1.82, 2.24) is 5.32 Å². The highest BCUT2D eigenvalue weighted by Crippen LogP contribution is 2.29. The van der Waals surface area contributed by atoms with Gasteiger partial charge in [0.15, 0.2) is 0 Å². The van der Waals surface area contributed by atoms with Gasteiger partial charge in [0, 0.05) is 12.5 Å². The van der Waals surface area contributed by atoms with E-state index in [1.807, 2.05) is 0 Å². The SMILES string of the molecule is c1ccc2cc(COCc3ccc(C4CCNCC4OCc4ccc5ccccc5c4)cc3)ccc2c1. The van der Waals surface area contributed by atoms with E-state index in [0.29, 0.717) is 25.7 Å². The van der Waals surface area contributed by atoms with E-state index in [1.165, 1.54) is 43.8 Å². The van der Waals surface area contributed by atoms with Crippen molar-refractivity contribution in [2.24, 2.45) is 0 Å². The number of nitrogens with one attached hydrogen (secondary N) is 1. The van der Waals surface area contributed by atoms with Crippen molar-refractivity contribution in [1.29, 1.82) is 0 Å². The molecule has 3 nitrogen and oxygen atoms in total. The van der Waals surface area contributed by atoms with Gasteiger partial charge >= 0.3 is 0 Å². The Hall–Kier alpha value is -3.50. The molecule has 0 spiro atoms. The van der Waals surface area contributed by atoms with Crippen molar-refractivity contribution in [3.63, 3.8) is 0 Å². The summed E-state index contributed by atoms with van der Waals surface area (Å²) in [7, 11) is 0. The third-order valence-corrected chi connectivity index (χ3v) is 7.46. The fourth-order valence-electron chi connectivity index (χ4n) is 5.39. The molecule has 0 aliphatic carbocycles. The molecule has 1 aliphatic heterocycles. The van der Waals surface area contributed by atoms with E-state index in [9.17, 15) is 0 Å². The second-order valence-corrected chi connectivity index (χ2v) is 10.0. The maximum Gasteiger partial charge on any atom is 0.0772 e. The molecule has 1 aliphatic rings. The van der Waals surface area contributed by atoms with Crippen molar-refractivity contribution in [3.8, 4) is 0 Å². The standard InChI is InChI=1S/C34H33NO2/c1-3-7-31-19-26(11-13-28(31)5-1)23-36-22-25-9-15-30(16-10-25)33-17-18-35-21-34(33)37-24-27-12-14-29-6-2-4-8-32(29)20-27/h1-16,19-20,33-35H,17-18,21-24H2.